The van der Waals surface area contributed by atoms with Crippen LogP contribution in [0.1, 0.15) is 35.7 Å². The van der Waals surface area contributed by atoms with Crippen LogP contribution in [0.3, 0.4) is 0 Å². The Bertz CT molecular complexity index is 436. The molecule has 0 unspecified atom stereocenters. The molecule has 1 fully saturated rings. The Morgan fingerprint density at radius 2 is 2.00 bits per heavy atom. The first kappa shape index (κ1) is 12.6. The zero-order chi connectivity index (χ0) is 12.5. The minimum Gasteiger partial charge on any atom is -0.317 e. The lowest BCUT2D eigenvalue weighted by Crippen LogP contribution is -2.40. The first-order chi connectivity index (χ1) is 8.03. The molecule has 0 bridgehead atoms. The molecule has 1 aromatic rings. The van der Waals surface area contributed by atoms with Crippen LogP contribution in [0.5, 0.6) is 0 Å². The fraction of sp³-hybridized carbons (Fsp3) is 0.500. The van der Waals surface area contributed by atoms with Crippen LogP contribution in [0.4, 0.5) is 0 Å². The number of halogens is 1. The van der Waals surface area contributed by atoms with E-state index in [9.17, 15) is 4.79 Å². The molecule has 0 aliphatic carbocycles. The highest BCUT2D eigenvalue weighted by Crippen LogP contribution is 2.33. The third-order valence-corrected chi connectivity index (χ3v) is 4.10. The van der Waals surface area contributed by atoms with Gasteiger partial charge in [0.1, 0.15) is 0 Å². The van der Waals surface area contributed by atoms with Crippen molar-refractivity contribution in [2.75, 3.05) is 13.1 Å². The lowest BCUT2D eigenvalue weighted by molar-refractivity contribution is 0.0762. The molecule has 17 heavy (non-hydrogen) atoms. The van der Waals surface area contributed by atoms with Crippen LogP contribution in [0.2, 0.25) is 5.02 Å². The Labute approximate surface area is 107 Å². The average molecular weight is 252 g/mol. The van der Waals surface area contributed by atoms with E-state index >= 15 is 0 Å². The van der Waals surface area contributed by atoms with Crippen LogP contribution >= 0.6 is 11.6 Å². The number of benzene rings is 1. The summed E-state index contributed by atoms with van der Waals surface area (Å²) in [6.45, 7) is 5.84. The number of carbonyl (C=O) groups is 1. The molecule has 0 spiro atoms. The van der Waals surface area contributed by atoms with E-state index in [1.54, 1.807) is 6.07 Å². The smallest absolute Gasteiger partial charge is 0.168 e. The zero-order valence-corrected chi connectivity index (χ0v) is 11.1. The number of Topliss-reactive ketones (excluding diaryl/α,β-unsaturated/α-hetero) is 1. The molecule has 0 aromatic heterocycles. The van der Waals surface area contributed by atoms with Gasteiger partial charge < -0.3 is 5.32 Å². The number of rotatable bonds is 2. The molecular formula is C14H18ClNO. The van der Waals surface area contributed by atoms with E-state index < -0.39 is 0 Å². The van der Waals surface area contributed by atoms with Gasteiger partial charge >= 0.3 is 0 Å². The van der Waals surface area contributed by atoms with Crippen LogP contribution in [-0.2, 0) is 0 Å². The highest BCUT2D eigenvalue weighted by Gasteiger charge is 2.35. The molecule has 1 aliphatic heterocycles. The van der Waals surface area contributed by atoms with E-state index in [0.29, 0.717) is 5.02 Å². The van der Waals surface area contributed by atoms with Crippen molar-refractivity contribution in [2.45, 2.75) is 26.7 Å². The molecule has 1 aromatic carbocycles. The number of ketones is 1. The summed E-state index contributed by atoms with van der Waals surface area (Å²) >= 11 is 6.08. The number of aryl methyl sites for hydroxylation is 1. The third-order valence-electron chi connectivity index (χ3n) is 3.69. The van der Waals surface area contributed by atoms with Gasteiger partial charge in [0.2, 0.25) is 0 Å². The molecule has 3 heteroatoms. The standard InChI is InChI=1S/C14H18ClNO/c1-10-3-4-11(9-12(10)15)13(17)14(2)5-7-16-8-6-14/h3-4,9,16H,5-8H2,1-2H3. The molecule has 2 nitrogen and oxygen atoms in total. The van der Waals surface area contributed by atoms with Gasteiger partial charge in [-0.15, -0.1) is 0 Å². The summed E-state index contributed by atoms with van der Waals surface area (Å²) in [7, 11) is 0. The molecule has 0 radical (unpaired) electrons. The third kappa shape index (κ3) is 2.53. The summed E-state index contributed by atoms with van der Waals surface area (Å²) < 4.78 is 0. The molecule has 1 heterocycles. The maximum absolute atomic E-state index is 12.5. The van der Waals surface area contributed by atoms with Gasteiger partial charge in [0.15, 0.2) is 5.78 Å². The van der Waals surface area contributed by atoms with Crippen molar-refractivity contribution in [2.24, 2.45) is 5.41 Å². The van der Waals surface area contributed by atoms with Crippen LogP contribution in [0.25, 0.3) is 0 Å². The summed E-state index contributed by atoms with van der Waals surface area (Å²) in [5, 5.41) is 3.96. The number of carbonyl (C=O) groups excluding carboxylic acids is 1. The first-order valence-corrected chi connectivity index (χ1v) is 6.42. The normalized spacial score (nSPS) is 19.0. The van der Waals surface area contributed by atoms with E-state index in [0.717, 1.165) is 37.1 Å². The zero-order valence-electron chi connectivity index (χ0n) is 10.3. The summed E-state index contributed by atoms with van der Waals surface area (Å²) in [4.78, 5) is 12.5. The summed E-state index contributed by atoms with van der Waals surface area (Å²) in [6, 6.07) is 5.60. The molecular weight excluding hydrogens is 234 g/mol. The van der Waals surface area contributed by atoms with Crippen molar-refractivity contribution < 1.29 is 4.79 Å². The van der Waals surface area contributed by atoms with Gasteiger partial charge in [0, 0.05) is 16.0 Å². The second-order valence-corrected chi connectivity index (χ2v) is 5.51. The fourth-order valence-electron chi connectivity index (χ4n) is 2.29. The maximum atomic E-state index is 12.5. The molecule has 2 rings (SSSR count). The van der Waals surface area contributed by atoms with Crippen LogP contribution in [0.15, 0.2) is 18.2 Å². The molecule has 0 atom stereocenters. The van der Waals surface area contributed by atoms with E-state index in [1.165, 1.54) is 0 Å². The monoisotopic (exact) mass is 251 g/mol. The van der Waals surface area contributed by atoms with Gasteiger partial charge in [-0.3, -0.25) is 4.79 Å². The molecule has 1 N–H and O–H groups in total. The van der Waals surface area contributed by atoms with Crippen molar-refractivity contribution in [3.8, 4) is 0 Å². The van der Waals surface area contributed by atoms with Gasteiger partial charge in [-0.1, -0.05) is 30.7 Å². The predicted octanol–water partition coefficient (Wildman–Crippen LogP) is 3.22. The first-order valence-electron chi connectivity index (χ1n) is 6.05. The molecule has 1 saturated heterocycles. The molecule has 0 amide bonds. The largest absolute Gasteiger partial charge is 0.317 e. The van der Waals surface area contributed by atoms with Gasteiger partial charge in [-0.2, -0.15) is 0 Å². The minimum absolute atomic E-state index is 0.223. The molecule has 92 valence electrons. The Hall–Kier alpha value is -0.860. The van der Waals surface area contributed by atoms with Crippen molar-refractivity contribution in [3.05, 3.63) is 34.3 Å². The van der Waals surface area contributed by atoms with E-state index in [1.807, 2.05) is 19.1 Å². The van der Waals surface area contributed by atoms with Gasteiger partial charge in [0.25, 0.3) is 0 Å². The quantitative estimate of drug-likeness (QED) is 0.818. The summed E-state index contributed by atoms with van der Waals surface area (Å²) in [6.07, 6.45) is 1.80. The molecule has 0 saturated carbocycles. The van der Waals surface area contributed by atoms with Crippen molar-refractivity contribution >= 4 is 17.4 Å². The molecule has 1 aliphatic rings. The highest BCUT2D eigenvalue weighted by molar-refractivity contribution is 6.31. The summed E-state index contributed by atoms with van der Waals surface area (Å²) in [5.41, 5.74) is 1.52. The van der Waals surface area contributed by atoms with Gasteiger partial charge in [-0.05, 0) is 44.5 Å². The SMILES string of the molecule is Cc1ccc(C(=O)C2(C)CCNCC2)cc1Cl. The predicted molar refractivity (Wildman–Crippen MR) is 70.7 cm³/mol. The van der Waals surface area contributed by atoms with Crippen molar-refractivity contribution in [1.29, 1.82) is 0 Å². The lowest BCUT2D eigenvalue weighted by atomic mass is 9.75. The fourth-order valence-corrected chi connectivity index (χ4v) is 2.47. The van der Waals surface area contributed by atoms with Crippen molar-refractivity contribution in [1.82, 2.24) is 5.32 Å². The number of piperidine rings is 1. The van der Waals surface area contributed by atoms with Gasteiger partial charge in [0.05, 0.1) is 0 Å². The van der Waals surface area contributed by atoms with E-state index in [4.69, 9.17) is 11.6 Å². The highest BCUT2D eigenvalue weighted by atomic mass is 35.5. The average Bonchev–Trinajstić information content (AvgIpc) is 2.33. The Kier molecular flexibility index (Phi) is 3.55. The lowest BCUT2D eigenvalue weighted by Gasteiger charge is -2.32. The Balaban J connectivity index is 2.26. The minimum atomic E-state index is -0.232. The van der Waals surface area contributed by atoms with E-state index in [2.05, 4.69) is 12.2 Å². The maximum Gasteiger partial charge on any atom is 0.168 e. The number of nitrogens with one attached hydrogen (secondary N) is 1. The van der Waals surface area contributed by atoms with Crippen molar-refractivity contribution in [3.63, 3.8) is 0 Å². The summed E-state index contributed by atoms with van der Waals surface area (Å²) in [5.74, 6) is 0.223. The Morgan fingerprint density at radius 1 is 1.35 bits per heavy atom. The van der Waals surface area contributed by atoms with Crippen LogP contribution in [0, 0.1) is 12.3 Å². The second kappa shape index (κ2) is 4.79. The van der Waals surface area contributed by atoms with Crippen LogP contribution in [-0.4, -0.2) is 18.9 Å². The topological polar surface area (TPSA) is 29.1 Å². The van der Waals surface area contributed by atoms with Gasteiger partial charge in [-0.25, -0.2) is 0 Å². The van der Waals surface area contributed by atoms with Crippen LogP contribution < -0.4 is 5.32 Å². The number of hydrogen-bond acceptors (Lipinski definition) is 2. The number of hydrogen-bond donors (Lipinski definition) is 1. The second-order valence-electron chi connectivity index (χ2n) is 5.10. The Morgan fingerprint density at radius 3 is 2.59 bits per heavy atom. The van der Waals surface area contributed by atoms with E-state index in [-0.39, 0.29) is 11.2 Å².